The first-order valence-electron chi connectivity index (χ1n) is 8.79. The molecule has 2 heterocycles. The van der Waals surface area contributed by atoms with Crippen molar-refractivity contribution in [3.8, 4) is 0 Å². The second-order valence-electron chi connectivity index (χ2n) is 6.82. The van der Waals surface area contributed by atoms with Gasteiger partial charge in [-0.25, -0.2) is 4.98 Å². The van der Waals surface area contributed by atoms with E-state index >= 15 is 0 Å². The van der Waals surface area contributed by atoms with Crippen LogP contribution in [0.25, 0.3) is 5.65 Å². The molecule has 140 valence electrons. The third-order valence-electron chi connectivity index (χ3n) is 4.96. The summed E-state index contributed by atoms with van der Waals surface area (Å²) >= 11 is 0. The Bertz CT molecular complexity index is 1020. The molecule has 0 spiro atoms. The molecule has 1 atom stereocenters. The molecule has 0 saturated heterocycles. The number of amides is 1. The van der Waals surface area contributed by atoms with Gasteiger partial charge in [0.2, 0.25) is 0 Å². The van der Waals surface area contributed by atoms with Crippen molar-refractivity contribution in [2.75, 3.05) is 0 Å². The number of carbonyl (C=O) groups excluding carboxylic acids is 1. The lowest BCUT2D eigenvalue weighted by Gasteiger charge is -2.26. The Morgan fingerprint density at radius 1 is 1.26 bits per heavy atom. The molecule has 0 saturated carbocycles. The average molecular weight is 373 g/mol. The number of aryl methyl sites for hydroxylation is 2. The van der Waals surface area contributed by atoms with E-state index in [-0.39, 0.29) is 22.9 Å². The SMILES string of the molecule is Cc1cc(C(F)(F)F)n2ccc(C(=O)NC3CCCc4ccccc43)c2n1. The van der Waals surface area contributed by atoms with Crippen LogP contribution < -0.4 is 5.32 Å². The number of halogens is 3. The van der Waals surface area contributed by atoms with Gasteiger partial charge in [0.1, 0.15) is 11.3 Å². The van der Waals surface area contributed by atoms with Gasteiger partial charge >= 0.3 is 6.18 Å². The zero-order valence-corrected chi connectivity index (χ0v) is 14.7. The van der Waals surface area contributed by atoms with Gasteiger partial charge < -0.3 is 5.32 Å². The number of fused-ring (bicyclic) bond motifs is 2. The maximum atomic E-state index is 13.3. The van der Waals surface area contributed by atoms with Crippen molar-refractivity contribution in [3.05, 3.63) is 70.7 Å². The third-order valence-corrected chi connectivity index (χ3v) is 4.96. The van der Waals surface area contributed by atoms with Crippen LogP contribution in [0.2, 0.25) is 0 Å². The summed E-state index contributed by atoms with van der Waals surface area (Å²) in [5.41, 5.74) is 1.80. The second-order valence-corrected chi connectivity index (χ2v) is 6.82. The van der Waals surface area contributed by atoms with Gasteiger partial charge in [-0.2, -0.15) is 13.2 Å². The van der Waals surface area contributed by atoms with E-state index in [1.165, 1.54) is 24.8 Å². The monoisotopic (exact) mass is 373 g/mol. The summed E-state index contributed by atoms with van der Waals surface area (Å²) in [4.78, 5) is 17.0. The predicted octanol–water partition coefficient (Wildman–Crippen LogP) is 4.47. The van der Waals surface area contributed by atoms with Crippen LogP contribution >= 0.6 is 0 Å². The number of nitrogens with one attached hydrogen (secondary N) is 1. The summed E-state index contributed by atoms with van der Waals surface area (Å²) in [7, 11) is 0. The standard InChI is InChI=1S/C20H18F3N3O/c1-12-11-17(20(21,22)23)26-10-9-15(18(26)24-12)19(27)25-16-8-4-6-13-5-2-3-7-14(13)16/h2-3,5,7,9-11,16H,4,6,8H2,1H3,(H,25,27). The largest absolute Gasteiger partial charge is 0.431 e. The predicted molar refractivity (Wildman–Crippen MR) is 94.5 cm³/mol. The van der Waals surface area contributed by atoms with Crippen LogP contribution in [0.4, 0.5) is 13.2 Å². The molecule has 1 aromatic carbocycles. The van der Waals surface area contributed by atoms with Gasteiger partial charge in [-0.15, -0.1) is 0 Å². The summed E-state index contributed by atoms with van der Waals surface area (Å²) in [6.07, 6.45) is -0.564. The molecule has 0 fully saturated rings. The van der Waals surface area contributed by atoms with Gasteiger partial charge in [0.25, 0.3) is 5.91 Å². The van der Waals surface area contributed by atoms with Crippen molar-refractivity contribution in [3.63, 3.8) is 0 Å². The Morgan fingerprint density at radius 2 is 2.04 bits per heavy atom. The molecular weight excluding hydrogens is 355 g/mol. The molecule has 0 bridgehead atoms. The van der Waals surface area contributed by atoms with E-state index in [0.717, 1.165) is 35.3 Å². The molecule has 1 amide bonds. The zero-order valence-electron chi connectivity index (χ0n) is 14.7. The fourth-order valence-electron chi connectivity index (χ4n) is 3.73. The lowest BCUT2D eigenvalue weighted by Crippen LogP contribution is -2.31. The molecule has 3 aromatic rings. The lowest BCUT2D eigenvalue weighted by molar-refractivity contribution is -0.142. The Labute approximate surface area is 154 Å². The Morgan fingerprint density at radius 3 is 2.81 bits per heavy atom. The fourth-order valence-corrected chi connectivity index (χ4v) is 3.73. The van der Waals surface area contributed by atoms with Gasteiger partial charge in [-0.1, -0.05) is 24.3 Å². The van der Waals surface area contributed by atoms with Gasteiger partial charge in [-0.3, -0.25) is 9.20 Å². The van der Waals surface area contributed by atoms with E-state index in [9.17, 15) is 18.0 Å². The number of rotatable bonds is 2. The zero-order chi connectivity index (χ0) is 19.2. The highest BCUT2D eigenvalue weighted by Crippen LogP contribution is 2.32. The highest BCUT2D eigenvalue weighted by Gasteiger charge is 2.35. The van der Waals surface area contributed by atoms with Crippen LogP contribution in [0.3, 0.4) is 0 Å². The van der Waals surface area contributed by atoms with Crippen LogP contribution in [0.15, 0.2) is 42.6 Å². The number of carbonyl (C=O) groups is 1. The minimum absolute atomic E-state index is 0.0175. The van der Waals surface area contributed by atoms with Crippen LogP contribution in [0.5, 0.6) is 0 Å². The molecule has 27 heavy (non-hydrogen) atoms. The topological polar surface area (TPSA) is 46.4 Å². The maximum absolute atomic E-state index is 13.3. The molecule has 1 aliphatic carbocycles. The summed E-state index contributed by atoms with van der Waals surface area (Å²) < 4.78 is 40.8. The van der Waals surface area contributed by atoms with E-state index in [1.807, 2.05) is 24.3 Å². The quantitative estimate of drug-likeness (QED) is 0.721. The molecule has 0 aliphatic heterocycles. The maximum Gasteiger partial charge on any atom is 0.431 e. The first-order valence-corrected chi connectivity index (χ1v) is 8.79. The van der Waals surface area contributed by atoms with Crippen LogP contribution in [0.1, 0.15) is 51.8 Å². The van der Waals surface area contributed by atoms with Gasteiger partial charge in [-0.05, 0) is 49.4 Å². The Hall–Kier alpha value is -2.83. The molecule has 1 aliphatic rings. The van der Waals surface area contributed by atoms with Crippen molar-refractivity contribution in [2.45, 2.75) is 38.4 Å². The smallest absolute Gasteiger partial charge is 0.345 e. The highest BCUT2D eigenvalue weighted by atomic mass is 19.4. The molecular formula is C20H18F3N3O. The minimum Gasteiger partial charge on any atom is -0.345 e. The average Bonchev–Trinajstić information content (AvgIpc) is 3.04. The lowest BCUT2D eigenvalue weighted by atomic mass is 9.87. The number of aromatic nitrogens is 2. The van der Waals surface area contributed by atoms with Crippen molar-refractivity contribution in [2.24, 2.45) is 0 Å². The normalized spacial score (nSPS) is 17.0. The Balaban J connectivity index is 1.70. The molecule has 4 nitrogen and oxygen atoms in total. The molecule has 2 aromatic heterocycles. The van der Waals surface area contributed by atoms with Gasteiger partial charge in [0.05, 0.1) is 11.6 Å². The summed E-state index contributed by atoms with van der Waals surface area (Å²) in [6, 6.07) is 10.1. The number of hydrogen-bond donors (Lipinski definition) is 1. The number of alkyl halides is 3. The summed E-state index contributed by atoms with van der Waals surface area (Å²) in [5, 5.41) is 2.97. The fraction of sp³-hybridized carbons (Fsp3) is 0.300. The van der Waals surface area contributed by atoms with Crippen molar-refractivity contribution < 1.29 is 18.0 Å². The van der Waals surface area contributed by atoms with Crippen LogP contribution in [0, 0.1) is 6.92 Å². The van der Waals surface area contributed by atoms with Gasteiger partial charge in [0.15, 0.2) is 0 Å². The summed E-state index contributed by atoms with van der Waals surface area (Å²) in [5.74, 6) is -0.412. The molecule has 7 heteroatoms. The molecule has 1 N–H and O–H groups in total. The first kappa shape index (κ1) is 17.6. The van der Waals surface area contributed by atoms with Crippen molar-refractivity contribution in [1.29, 1.82) is 0 Å². The van der Waals surface area contributed by atoms with E-state index in [4.69, 9.17) is 0 Å². The number of nitrogens with zero attached hydrogens (tertiary/aromatic N) is 2. The molecule has 4 rings (SSSR count). The van der Waals surface area contributed by atoms with Crippen LogP contribution in [-0.2, 0) is 12.6 Å². The molecule has 1 unspecified atom stereocenters. The van der Waals surface area contributed by atoms with E-state index in [0.29, 0.717) is 0 Å². The van der Waals surface area contributed by atoms with Crippen LogP contribution in [-0.4, -0.2) is 15.3 Å². The van der Waals surface area contributed by atoms with E-state index in [1.54, 1.807) is 0 Å². The number of hydrogen-bond acceptors (Lipinski definition) is 2. The minimum atomic E-state index is -4.53. The van der Waals surface area contributed by atoms with E-state index in [2.05, 4.69) is 10.3 Å². The number of benzene rings is 1. The Kier molecular flexibility index (Phi) is 4.17. The second kappa shape index (κ2) is 6.40. The van der Waals surface area contributed by atoms with E-state index < -0.39 is 17.8 Å². The first-order chi connectivity index (χ1) is 12.8. The molecule has 0 radical (unpaired) electrons. The third kappa shape index (κ3) is 3.18. The highest BCUT2D eigenvalue weighted by molar-refractivity contribution is 6.00. The van der Waals surface area contributed by atoms with Crippen molar-refractivity contribution in [1.82, 2.24) is 14.7 Å². The summed E-state index contributed by atoms with van der Waals surface area (Å²) in [6.45, 7) is 1.49. The van der Waals surface area contributed by atoms with Gasteiger partial charge in [0, 0.05) is 11.9 Å². The van der Waals surface area contributed by atoms with Crippen molar-refractivity contribution >= 4 is 11.6 Å².